The molecule has 0 spiro atoms. The Labute approximate surface area is 135 Å². The number of halogens is 1. The fourth-order valence-electron chi connectivity index (χ4n) is 2.95. The monoisotopic (exact) mass is 316 g/mol. The smallest absolute Gasteiger partial charge is 0.256 e. The van der Waals surface area contributed by atoms with Gasteiger partial charge in [-0.05, 0) is 26.2 Å². The fraction of sp³-hybridized carbons (Fsp3) is 0.412. The van der Waals surface area contributed by atoms with E-state index in [1.807, 2.05) is 20.3 Å². The molecule has 122 valence electrons. The minimum absolute atomic E-state index is 0.139. The zero-order valence-corrected chi connectivity index (χ0v) is 13.5. The summed E-state index contributed by atoms with van der Waals surface area (Å²) in [5.74, 6) is 0.279. The average Bonchev–Trinajstić information content (AvgIpc) is 2.77. The van der Waals surface area contributed by atoms with Crippen LogP contribution in [0.25, 0.3) is 0 Å². The summed E-state index contributed by atoms with van der Waals surface area (Å²) in [6, 6.07) is 6.15. The maximum absolute atomic E-state index is 13.8. The van der Waals surface area contributed by atoms with Gasteiger partial charge in [-0.3, -0.25) is 4.79 Å². The standard InChI is InChI=1S/C17H21FN4O/c1-20(2)12-13-11-19-16-7-8-21(9-10-22(13)16)17(23)14-5-3-4-6-15(14)18/h3-6,11H,7-10,12H2,1-2H3. The molecule has 2 heterocycles. The number of fused-ring (bicyclic) bond motifs is 1. The maximum atomic E-state index is 13.8. The maximum Gasteiger partial charge on any atom is 0.256 e. The van der Waals surface area contributed by atoms with Crippen LogP contribution in [0.3, 0.4) is 0 Å². The Morgan fingerprint density at radius 3 is 2.78 bits per heavy atom. The van der Waals surface area contributed by atoms with Gasteiger partial charge in [-0.2, -0.15) is 0 Å². The van der Waals surface area contributed by atoms with Crippen LogP contribution in [-0.4, -0.2) is 52.4 Å². The SMILES string of the molecule is CN(C)Cc1cnc2n1CCN(C(=O)c1ccccc1F)CC2. The van der Waals surface area contributed by atoms with E-state index in [2.05, 4.69) is 14.5 Å². The Hall–Kier alpha value is -2.21. The van der Waals surface area contributed by atoms with Gasteiger partial charge in [0.1, 0.15) is 11.6 Å². The number of amides is 1. The van der Waals surface area contributed by atoms with E-state index < -0.39 is 5.82 Å². The first-order chi connectivity index (χ1) is 11.1. The predicted molar refractivity (Wildman–Crippen MR) is 85.6 cm³/mol. The topological polar surface area (TPSA) is 41.4 Å². The van der Waals surface area contributed by atoms with E-state index in [1.54, 1.807) is 23.1 Å². The van der Waals surface area contributed by atoms with Crippen LogP contribution >= 0.6 is 0 Å². The molecule has 23 heavy (non-hydrogen) atoms. The Bertz CT molecular complexity index is 710. The molecule has 2 aromatic rings. The minimum atomic E-state index is -0.465. The van der Waals surface area contributed by atoms with Crippen molar-refractivity contribution in [1.29, 1.82) is 0 Å². The molecule has 0 aliphatic carbocycles. The number of aromatic nitrogens is 2. The molecule has 0 radical (unpaired) electrons. The second kappa shape index (κ2) is 6.50. The Balaban J connectivity index is 1.76. The van der Waals surface area contributed by atoms with Crippen molar-refractivity contribution in [2.45, 2.75) is 19.5 Å². The number of carbonyl (C=O) groups excluding carboxylic acids is 1. The first-order valence-corrected chi connectivity index (χ1v) is 7.78. The third-order valence-electron chi connectivity index (χ3n) is 4.09. The first kappa shape index (κ1) is 15.7. The van der Waals surface area contributed by atoms with Crippen molar-refractivity contribution in [3.8, 4) is 0 Å². The summed E-state index contributed by atoms with van der Waals surface area (Å²) >= 11 is 0. The molecule has 6 heteroatoms. The highest BCUT2D eigenvalue weighted by Crippen LogP contribution is 2.16. The molecule has 0 unspecified atom stereocenters. The van der Waals surface area contributed by atoms with Gasteiger partial charge in [0.15, 0.2) is 0 Å². The lowest BCUT2D eigenvalue weighted by Gasteiger charge is -2.20. The average molecular weight is 316 g/mol. The lowest BCUT2D eigenvalue weighted by molar-refractivity contribution is 0.0754. The molecule has 0 N–H and O–H groups in total. The number of carbonyl (C=O) groups is 1. The molecule has 0 saturated heterocycles. The summed E-state index contributed by atoms with van der Waals surface area (Å²) < 4.78 is 16.0. The number of hydrogen-bond acceptors (Lipinski definition) is 3. The molecular formula is C17H21FN4O. The number of nitrogens with zero attached hydrogens (tertiary/aromatic N) is 4. The predicted octanol–water partition coefficient (Wildman–Crippen LogP) is 1.78. The van der Waals surface area contributed by atoms with Crippen molar-refractivity contribution in [3.63, 3.8) is 0 Å². The van der Waals surface area contributed by atoms with Crippen molar-refractivity contribution in [2.24, 2.45) is 0 Å². The van der Waals surface area contributed by atoms with Gasteiger partial charge in [-0.25, -0.2) is 9.37 Å². The minimum Gasteiger partial charge on any atom is -0.336 e. The number of rotatable bonds is 3. The summed E-state index contributed by atoms with van der Waals surface area (Å²) in [5, 5.41) is 0. The Morgan fingerprint density at radius 1 is 1.26 bits per heavy atom. The molecule has 1 aromatic carbocycles. The molecule has 0 atom stereocenters. The third-order valence-corrected chi connectivity index (χ3v) is 4.09. The van der Waals surface area contributed by atoms with Crippen LogP contribution in [0.15, 0.2) is 30.5 Å². The fourth-order valence-corrected chi connectivity index (χ4v) is 2.95. The normalized spacial score (nSPS) is 14.7. The molecule has 1 amide bonds. The van der Waals surface area contributed by atoms with Crippen LogP contribution in [0.4, 0.5) is 4.39 Å². The highest BCUT2D eigenvalue weighted by Gasteiger charge is 2.23. The molecular weight excluding hydrogens is 295 g/mol. The zero-order chi connectivity index (χ0) is 16.4. The largest absolute Gasteiger partial charge is 0.336 e. The molecule has 0 fully saturated rings. The van der Waals surface area contributed by atoms with Gasteiger partial charge in [0.25, 0.3) is 5.91 Å². The van der Waals surface area contributed by atoms with E-state index in [-0.39, 0.29) is 11.5 Å². The van der Waals surface area contributed by atoms with E-state index in [0.29, 0.717) is 26.1 Å². The van der Waals surface area contributed by atoms with Crippen molar-refractivity contribution < 1.29 is 9.18 Å². The quantitative estimate of drug-likeness (QED) is 0.867. The van der Waals surface area contributed by atoms with Crippen LogP contribution in [-0.2, 0) is 19.5 Å². The van der Waals surface area contributed by atoms with Crippen LogP contribution in [0.5, 0.6) is 0 Å². The molecule has 1 aromatic heterocycles. The molecule has 1 aliphatic heterocycles. The summed E-state index contributed by atoms with van der Waals surface area (Å²) in [5.41, 5.74) is 1.28. The van der Waals surface area contributed by atoms with E-state index in [4.69, 9.17) is 0 Å². The number of benzene rings is 1. The van der Waals surface area contributed by atoms with E-state index in [9.17, 15) is 9.18 Å². The summed E-state index contributed by atoms with van der Waals surface area (Å²) in [6.45, 7) is 2.63. The molecule has 0 bridgehead atoms. The van der Waals surface area contributed by atoms with Gasteiger partial charge < -0.3 is 14.4 Å². The van der Waals surface area contributed by atoms with Gasteiger partial charge >= 0.3 is 0 Å². The molecule has 3 rings (SSSR count). The number of hydrogen-bond donors (Lipinski definition) is 0. The van der Waals surface area contributed by atoms with E-state index >= 15 is 0 Å². The Kier molecular flexibility index (Phi) is 4.43. The van der Waals surface area contributed by atoms with Crippen molar-refractivity contribution in [1.82, 2.24) is 19.4 Å². The van der Waals surface area contributed by atoms with Gasteiger partial charge in [0.05, 0.1) is 11.3 Å². The van der Waals surface area contributed by atoms with E-state index in [0.717, 1.165) is 18.1 Å². The van der Waals surface area contributed by atoms with Crippen LogP contribution in [0, 0.1) is 5.82 Å². The van der Waals surface area contributed by atoms with Gasteiger partial charge in [-0.1, -0.05) is 12.1 Å². The Morgan fingerprint density at radius 2 is 2.04 bits per heavy atom. The lowest BCUT2D eigenvalue weighted by Crippen LogP contribution is -2.34. The lowest BCUT2D eigenvalue weighted by atomic mass is 10.2. The van der Waals surface area contributed by atoms with Gasteiger partial charge in [-0.15, -0.1) is 0 Å². The second-order valence-electron chi connectivity index (χ2n) is 6.08. The van der Waals surface area contributed by atoms with Crippen molar-refractivity contribution >= 4 is 5.91 Å². The first-order valence-electron chi connectivity index (χ1n) is 7.78. The highest BCUT2D eigenvalue weighted by molar-refractivity contribution is 5.94. The van der Waals surface area contributed by atoms with Gasteiger partial charge in [0, 0.05) is 38.8 Å². The van der Waals surface area contributed by atoms with Crippen LogP contribution in [0.2, 0.25) is 0 Å². The summed E-state index contributed by atoms with van der Waals surface area (Å²) in [7, 11) is 4.04. The van der Waals surface area contributed by atoms with Crippen LogP contribution in [0.1, 0.15) is 21.9 Å². The van der Waals surface area contributed by atoms with Gasteiger partial charge in [0.2, 0.25) is 0 Å². The van der Waals surface area contributed by atoms with Crippen molar-refractivity contribution in [3.05, 3.63) is 53.4 Å². The van der Waals surface area contributed by atoms with Crippen molar-refractivity contribution in [2.75, 3.05) is 27.2 Å². The zero-order valence-electron chi connectivity index (χ0n) is 13.5. The summed E-state index contributed by atoms with van der Waals surface area (Å²) in [6.07, 6.45) is 2.59. The van der Waals surface area contributed by atoms with Crippen LogP contribution < -0.4 is 0 Å². The van der Waals surface area contributed by atoms with E-state index in [1.165, 1.54) is 6.07 Å². The highest BCUT2D eigenvalue weighted by atomic mass is 19.1. The number of imidazole rings is 1. The summed E-state index contributed by atoms with van der Waals surface area (Å²) in [4.78, 5) is 20.8. The molecule has 1 aliphatic rings. The molecule has 5 nitrogen and oxygen atoms in total. The molecule has 0 saturated carbocycles. The third kappa shape index (κ3) is 3.27. The second-order valence-corrected chi connectivity index (χ2v) is 6.08.